The zero-order valence-electron chi connectivity index (χ0n) is 10.9. The summed E-state index contributed by atoms with van der Waals surface area (Å²) in [5, 5.41) is 9.63. The molecule has 2 amide bonds. The van der Waals surface area contributed by atoms with Crippen LogP contribution in [0, 0.1) is 11.8 Å². The predicted molar refractivity (Wildman–Crippen MR) is 77.4 cm³/mol. The van der Waals surface area contributed by atoms with Gasteiger partial charge in [0.05, 0.1) is 30.2 Å². The molecule has 0 aromatic heterocycles. The highest BCUT2D eigenvalue weighted by Crippen LogP contribution is 2.52. The van der Waals surface area contributed by atoms with E-state index in [0.29, 0.717) is 5.69 Å². The average molecular weight is 350 g/mol. The van der Waals surface area contributed by atoms with Gasteiger partial charge in [0, 0.05) is 4.47 Å². The van der Waals surface area contributed by atoms with Crippen LogP contribution in [0.5, 0.6) is 0 Å². The van der Waals surface area contributed by atoms with E-state index < -0.39 is 23.5 Å². The van der Waals surface area contributed by atoms with Crippen molar-refractivity contribution < 1.29 is 19.4 Å². The number of carbonyl (C=O) groups is 2. The summed E-state index contributed by atoms with van der Waals surface area (Å²) in [5.41, 5.74) is -0.496. The molecule has 2 saturated heterocycles. The van der Waals surface area contributed by atoms with E-state index in [1.807, 2.05) is 6.07 Å². The number of aliphatic hydroxyl groups excluding tert-OH is 1. The molecular weight excluding hydrogens is 338 g/mol. The summed E-state index contributed by atoms with van der Waals surface area (Å²) >= 11 is 3.34. The van der Waals surface area contributed by atoms with Crippen molar-refractivity contribution in [3.05, 3.63) is 40.9 Å². The van der Waals surface area contributed by atoms with E-state index in [4.69, 9.17) is 4.74 Å². The molecule has 1 N–H and O–H groups in total. The lowest BCUT2D eigenvalue weighted by Gasteiger charge is -2.26. The molecule has 0 aliphatic carbocycles. The number of fused-ring (bicyclic) bond motifs is 5. The minimum absolute atomic E-state index is 0.257. The summed E-state index contributed by atoms with van der Waals surface area (Å²) in [7, 11) is 0. The Balaban J connectivity index is 1.79. The first-order valence-electron chi connectivity index (χ1n) is 6.69. The van der Waals surface area contributed by atoms with Crippen molar-refractivity contribution in [3.63, 3.8) is 0 Å². The van der Waals surface area contributed by atoms with Crippen molar-refractivity contribution in [1.29, 1.82) is 0 Å². The maximum atomic E-state index is 12.7. The SMILES string of the molecule is O=C1[C@H]2[C@@H]3C=C[C@](CO)(O3)[C@@H]2C(=O)N1c1cccc(Br)c1. The fourth-order valence-electron chi connectivity index (χ4n) is 3.55. The normalized spacial score (nSPS) is 36.7. The molecule has 3 aliphatic rings. The third-order valence-electron chi connectivity index (χ3n) is 4.47. The monoisotopic (exact) mass is 349 g/mol. The third kappa shape index (κ3) is 1.58. The van der Waals surface area contributed by atoms with Crippen molar-refractivity contribution in [3.8, 4) is 0 Å². The first-order valence-corrected chi connectivity index (χ1v) is 7.48. The van der Waals surface area contributed by atoms with Gasteiger partial charge in [0.1, 0.15) is 5.60 Å². The quantitative estimate of drug-likeness (QED) is 0.644. The van der Waals surface area contributed by atoms with Crippen LogP contribution in [-0.4, -0.2) is 35.2 Å². The first kappa shape index (κ1) is 13.2. The molecular formula is C15H12BrNO4. The van der Waals surface area contributed by atoms with Gasteiger partial charge in [-0.2, -0.15) is 0 Å². The summed E-state index contributed by atoms with van der Waals surface area (Å²) in [5.74, 6) is -1.73. The molecule has 0 spiro atoms. The highest BCUT2D eigenvalue weighted by molar-refractivity contribution is 9.10. The Morgan fingerprint density at radius 2 is 2.14 bits per heavy atom. The number of anilines is 1. The smallest absolute Gasteiger partial charge is 0.241 e. The van der Waals surface area contributed by atoms with Gasteiger partial charge in [0.25, 0.3) is 0 Å². The van der Waals surface area contributed by atoms with E-state index in [-0.39, 0.29) is 18.4 Å². The van der Waals surface area contributed by atoms with Gasteiger partial charge in [0.15, 0.2) is 0 Å². The molecule has 3 heterocycles. The number of carbonyl (C=O) groups excluding carboxylic acids is 2. The number of halogens is 1. The van der Waals surface area contributed by atoms with Gasteiger partial charge >= 0.3 is 0 Å². The van der Waals surface area contributed by atoms with E-state index in [1.165, 1.54) is 4.90 Å². The zero-order valence-corrected chi connectivity index (χ0v) is 12.5. The van der Waals surface area contributed by atoms with Crippen molar-refractivity contribution >= 4 is 33.4 Å². The second-order valence-corrected chi connectivity index (χ2v) is 6.47. The molecule has 1 aromatic rings. The van der Waals surface area contributed by atoms with E-state index in [9.17, 15) is 14.7 Å². The van der Waals surface area contributed by atoms with E-state index in [2.05, 4.69) is 15.9 Å². The lowest BCUT2D eigenvalue weighted by Crippen LogP contribution is -2.43. The topological polar surface area (TPSA) is 66.8 Å². The zero-order chi connectivity index (χ0) is 14.8. The molecule has 4 rings (SSSR count). The van der Waals surface area contributed by atoms with Gasteiger partial charge in [-0.25, -0.2) is 4.90 Å². The van der Waals surface area contributed by atoms with Crippen molar-refractivity contribution in [1.82, 2.24) is 0 Å². The summed E-state index contributed by atoms with van der Waals surface area (Å²) in [6.07, 6.45) is 3.07. The largest absolute Gasteiger partial charge is 0.393 e. The average Bonchev–Trinajstić information content (AvgIpc) is 3.10. The molecule has 2 fully saturated rings. The van der Waals surface area contributed by atoms with Crippen LogP contribution in [0.15, 0.2) is 40.9 Å². The molecule has 0 saturated carbocycles. The van der Waals surface area contributed by atoms with E-state index in [0.717, 1.165) is 4.47 Å². The molecule has 0 radical (unpaired) electrons. The Bertz CT molecular complexity index is 688. The number of hydrogen-bond donors (Lipinski definition) is 1. The van der Waals surface area contributed by atoms with Crippen molar-refractivity contribution in [2.45, 2.75) is 11.7 Å². The Morgan fingerprint density at radius 3 is 2.86 bits per heavy atom. The van der Waals surface area contributed by atoms with Gasteiger partial charge in [-0.15, -0.1) is 0 Å². The van der Waals surface area contributed by atoms with Crippen LogP contribution in [0.2, 0.25) is 0 Å². The minimum Gasteiger partial charge on any atom is -0.393 e. The van der Waals surface area contributed by atoms with Crippen molar-refractivity contribution in [2.24, 2.45) is 11.8 Å². The molecule has 1 aromatic carbocycles. The predicted octanol–water partition coefficient (Wildman–Crippen LogP) is 1.25. The number of imide groups is 1. The number of nitrogens with zero attached hydrogens (tertiary/aromatic N) is 1. The van der Waals surface area contributed by atoms with Crippen molar-refractivity contribution in [2.75, 3.05) is 11.5 Å². The number of benzene rings is 1. The third-order valence-corrected chi connectivity index (χ3v) is 4.96. The minimum atomic E-state index is -1.04. The Morgan fingerprint density at radius 1 is 1.33 bits per heavy atom. The van der Waals surface area contributed by atoms with Crippen LogP contribution in [0.4, 0.5) is 5.69 Å². The van der Waals surface area contributed by atoms with Gasteiger partial charge < -0.3 is 9.84 Å². The number of hydrogen-bond acceptors (Lipinski definition) is 4. The van der Waals surface area contributed by atoms with Crippen LogP contribution >= 0.6 is 15.9 Å². The second-order valence-electron chi connectivity index (χ2n) is 5.55. The van der Waals surface area contributed by atoms with Gasteiger partial charge in [-0.1, -0.05) is 34.1 Å². The summed E-state index contributed by atoms with van der Waals surface area (Å²) in [4.78, 5) is 26.6. The van der Waals surface area contributed by atoms with E-state index >= 15 is 0 Å². The van der Waals surface area contributed by atoms with Crippen LogP contribution < -0.4 is 4.90 Å². The number of rotatable bonds is 2. The van der Waals surface area contributed by atoms with Gasteiger partial charge in [-0.3, -0.25) is 9.59 Å². The standard InChI is InChI=1S/C15H12BrNO4/c16-8-2-1-3-9(6-8)17-13(19)11-10-4-5-15(7-18,21-10)12(11)14(17)20/h1-6,10-12,18H,7H2/t10-,11-,12-,15+/m0/s1. The second kappa shape index (κ2) is 4.25. The molecule has 3 aliphatic heterocycles. The number of ether oxygens (including phenoxy) is 1. The molecule has 5 nitrogen and oxygen atoms in total. The fourth-order valence-corrected chi connectivity index (χ4v) is 3.94. The summed E-state index contributed by atoms with van der Waals surface area (Å²) < 4.78 is 6.48. The number of aliphatic hydroxyl groups is 1. The fraction of sp³-hybridized carbons (Fsp3) is 0.333. The first-order chi connectivity index (χ1) is 10.1. The maximum Gasteiger partial charge on any atom is 0.241 e. The van der Waals surface area contributed by atoms with Crippen LogP contribution in [0.1, 0.15) is 0 Å². The van der Waals surface area contributed by atoms with Gasteiger partial charge in [-0.05, 0) is 18.2 Å². The Kier molecular flexibility index (Phi) is 2.67. The highest BCUT2D eigenvalue weighted by atomic mass is 79.9. The molecule has 6 heteroatoms. The Labute approximate surface area is 129 Å². The molecule has 108 valence electrons. The van der Waals surface area contributed by atoms with Crippen LogP contribution in [0.3, 0.4) is 0 Å². The maximum absolute atomic E-state index is 12.7. The summed E-state index contributed by atoms with van der Waals surface area (Å²) in [6, 6.07) is 7.07. The molecule has 21 heavy (non-hydrogen) atoms. The number of amides is 2. The molecule has 0 unspecified atom stereocenters. The lowest BCUT2D eigenvalue weighted by molar-refractivity contribution is -0.128. The lowest BCUT2D eigenvalue weighted by atomic mass is 9.77. The van der Waals surface area contributed by atoms with Crippen LogP contribution in [0.25, 0.3) is 0 Å². The summed E-state index contributed by atoms with van der Waals surface area (Å²) in [6.45, 7) is -0.299. The van der Waals surface area contributed by atoms with E-state index in [1.54, 1.807) is 30.4 Å². The Hall–Kier alpha value is -1.50. The van der Waals surface area contributed by atoms with Gasteiger partial charge in [0.2, 0.25) is 11.8 Å². The molecule has 4 atom stereocenters. The van der Waals surface area contributed by atoms with Crippen LogP contribution in [-0.2, 0) is 14.3 Å². The molecule has 2 bridgehead atoms. The highest BCUT2D eigenvalue weighted by Gasteiger charge is 2.67.